The highest BCUT2D eigenvalue weighted by molar-refractivity contribution is 6.24. The minimum Gasteiger partial charge on any atom is -0.397 e. The largest absolute Gasteiger partial charge is 0.416 e. The lowest BCUT2D eigenvalue weighted by molar-refractivity contribution is -0.137. The Hall–Kier alpha value is -4.33. The van der Waals surface area contributed by atoms with Crippen LogP contribution in [0.2, 0.25) is 0 Å². The van der Waals surface area contributed by atoms with E-state index in [1.54, 1.807) is 60.7 Å². The molecule has 0 aromatic heterocycles. The van der Waals surface area contributed by atoms with Crippen LogP contribution in [-0.2, 0) is 15.8 Å². The van der Waals surface area contributed by atoms with E-state index in [1.165, 1.54) is 18.2 Å². The number of para-hydroxylation sites is 2. The molecule has 184 valence electrons. The molecular formula is C28H24F3N3O2. The lowest BCUT2D eigenvalue weighted by Crippen LogP contribution is -2.26. The number of anilines is 2. The Balaban J connectivity index is 1.50. The predicted molar refractivity (Wildman–Crippen MR) is 135 cm³/mol. The van der Waals surface area contributed by atoms with E-state index in [4.69, 9.17) is 5.73 Å². The third kappa shape index (κ3) is 6.63. The molecule has 36 heavy (non-hydrogen) atoms. The second-order valence-corrected chi connectivity index (χ2v) is 8.46. The first kappa shape index (κ1) is 24.8. The van der Waals surface area contributed by atoms with Crippen molar-refractivity contribution in [3.05, 3.63) is 101 Å². The maximum atomic E-state index is 13.0. The van der Waals surface area contributed by atoms with Crippen LogP contribution in [0.4, 0.5) is 24.5 Å². The van der Waals surface area contributed by atoms with Crippen molar-refractivity contribution in [2.24, 2.45) is 0 Å². The Bertz CT molecular complexity index is 1310. The number of nitrogens with one attached hydrogen (secondary N) is 2. The first-order valence-electron chi connectivity index (χ1n) is 11.3. The van der Waals surface area contributed by atoms with Gasteiger partial charge >= 0.3 is 6.18 Å². The predicted octanol–water partition coefficient (Wildman–Crippen LogP) is 5.76. The number of halogens is 3. The van der Waals surface area contributed by atoms with Crippen LogP contribution in [-0.4, -0.2) is 17.9 Å². The number of alkyl halides is 3. The summed E-state index contributed by atoms with van der Waals surface area (Å²) in [6.07, 6.45) is 1.98. The second-order valence-electron chi connectivity index (χ2n) is 8.46. The van der Waals surface area contributed by atoms with Crippen molar-refractivity contribution in [2.45, 2.75) is 25.1 Å². The fourth-order valence-electron chi connectivity index (χ4n) is 3.44. The number of amides is 2. The number of benzene rings is 3. The van der Waals surface area contributed by atoms with Crippen molar-refractivity contribution in [3.8, 4) is 0 Å². The van der Waals surface area contributed by atoms with Gasteiger partial charge in [-0.05, 0) is 65.9 Å². The maximum Gasteiger partial charge on any atom is 0.416 e. The molecule has 0 unspecified atom stereocenters. The number of carbonyl (C=O) groups is 2. The van der Waals surface area contributed by atoms with Gasteiger partial charge in [0.05, 0.1) is 16.9 Å². The first-order valence-corrected chi connectivity index (χ1v) is 11.3. The summed E-state index contributed by atoms with van der Waals surface area (Å²) in [6.45, 7) is 0. The van der Waals surface area contributed by atoms with E-state index in [0.29, 0.717) is 22.5 Å². The number of carbonyl (C=O) groups excluding carboxylic acids is 2. The summed E-state index contributed by atoms with van der Waals surface area (Å²) >= 11 is 0. The van der Waals surface area contributed by atoms with Gasteiger partial charge in [-0.2, -0.15) is 13.2 Å². The molecule has 4 rings (SSSR count). The summed E-state index contributed by atoms with van der Waals surface area (Å²) in [5.41, 5.74) is 8.15. The number of hydrogen-bond donors (Lipinski definition) is 3. The summed E-state index contributed by atoms with van der Waals surface area (Å²) in [5, 5.41) is 5.60. The fourth-order valence-corrected chi connectivity index (χ4v) is 3.44. The van der Waals surface area contributed by atoms with Crippen LogP contribution in [0.1, 0.15) is 35.1 Å². The van der Waals surface area contributed by atoms with Gasteiger partial charge in [-0.1, -0.05) is 48.5 Å². The monoisotopic (exact) mass is 491 g/mol. The van der Waals surface area contributed by atoms with Crippen molar-refractivity contribution in [2.75, 3.05) is 11.1 Å². The molecule has 0 heterocycles. The zero-order valence-electron chi connectivity index (χ0n) is 19.2. The molecule has 8 heteroatoms. The first-order chi connectivity index (χ1) is 17.2. The number of nitrogen functional groups attached to an aromatic ring is 1. The molecule has 4 N–H and O–H groups in total. The summed E-state index contributed by atoms with van der Waals surface area (Å²) in [7, 11) is 0. The summed E-state index contributed by atoms with van der Waals surface area (Å²) in [5.74, 6) is -0.670. The summed E-state index contributed by atoms with van der Waals surface area (Å²) < 4.78 is 38.9. The van der Waals surface area contributed by atoms with Crippen molar-refractivity contribution >= 4 is 40.9 Å². The molecular weight excluding hydrogens is 467 g/mol. The van der Waals surface area contributed by atoms with Gasteiger partial charge in [0.15, 0.2) is 0 Å². The Morgan fingerprint density at radius 1 is 0.889 bits per heavy atom. The smallest absolute Gasteiger partial charge is 0.397 e. The van der Waals surface area contributed by atoms with Gasteiger partial charge in [-0.25, -0.2) is 0 Å². The van der Waals surface area contributed by atoms with Crippen molar-refractivity contribution < 1.29 is 22.8 Å². The zero-order chi connectivity index (χ0) is 25.7. The maximum absolute atomic E-state index is 13.0. The van der Waals surface area contributed by atoms with Gasteiger partial charge in [0.25, 0.3) is 5.91 Å². The van der Waals surface area contributed by atoms with E-state index in [9.17, 15) is 22.8 Å². The highest BCUT2D eigenvalue weighted by Crippen LogP contribution is 2.31. The SMILES string of the molecule is Nc1ccccc1NC(=O)/C=C/c1ccc(/C=C(/C(=O)NC2CC2)c2ccc(C(F)(F)F)cc2)cc1. The number of rotatable bonds is 7. The lowest BCUT2D eigenvalue weighted by atomic mass is 10.00. The Morgan fingerprint density at radius 2 is 1.53 bits per heavy atom. The van der Waals surface area contributed by atoms with Gasteiger partial charge < -0.3 is 16.4 Å². The van der Waals surface area contributed by atoms with Gasteiger partial charge in [0, 0.05) is 17.7 Å². The van der Waals surface area contributed by atoms with Crippen LogP contribution in [0, 0.1) is 0 Å². The Kier molecular flexibility index (Phi) is 7.24. The van der Waals surface area contributed by atoms with Crippen LogP contribution >= 0.6 is 0 Å². The van der Waals surface area contributed by atoms with Gasteiger partial charge in [-0.3, -0.25) is 9.59 Å². The molecule has 3 aromatic rings. The number of hydrogen-bond acceptors (Lipinski definition) is 3. The molecule has 0 bridgehead atoms. The van der Waals surface area contributed by atoms with E-state index in [2.05, 4.69) is 10.6 Å². The van der Waals surface area contributed by atoms with Gasteiger partial charge in [0.2, 0.25) is 5.91 Å². The van der Waals surface area contributed by atoms with Crippen molar-refractivity contribution in [1.82, 2.24) is 5.32 Å². The molecule has 3 aromatic carbocycles. The van der Waals surface area contributed by atoms with E-state index < -0.39 is 11.7 Å². The van der Waals surface area contributed by atoms with Crippen LogP contribution in [0.3, 0.4) is 0 Å². The molecule has 2 amide bonds. The Labute approximate surface area is 206 Å². The van der Waals surface area contributed by atoms with Crippen LogP contribution in [0.5, 0.6) is 0 Å². The normalized spacial score (nSPS) is 14.0. The molecule has 5 nitrogen and oxygen atoms in total. The molecule has 0 atom stereocenters. The third-order valence-electron chi connectivity index (χ3n) is 5.57. The molecule has 0 aliphatic heterocycles. The fraction of sp³-hybridized carbons (Fsp3) is 0.143. The summed E-state index contributed by atoms with van der Waals surface area (Å²) in [4.78, 5) is 25.0. The van der Waals surface area contributed by atoms with Crippen LogP contribution in [0.15, 0.2) is 78.9 Å². The zero-order valence-corrected chi connectivity index (χ0v) is 19.2. The highest BCUT2D eigenvalue weighted by Gasteiger charge is 2.30. The summed E-state index contributed by atoms with van der Waals surface area (Å²) in [6, 6.07) is 18.7. The van der Waals surface area contributed by atoms with Crippen LogP contribution in [0.25, 0.3) is 17.7 Å². The Morgan fingerprint density at radius 3 is 2.14 bits per heavy atom. The quantitative estimate of drug-likeness (QED) is 0.223. The van der Waals surface area contributed by atoms with Gasteiger partial charge in [-0.15, -0.1) is 0 Å². The average Bonchev–Trinajstić information content (AvgIpc) is 3.67. The highest BCUT2D eigenvalue weighted by atomic mass is 19.4. The van der Waals surface area contributed by atoms with E-state index in [0.717, 1.165) is 30.5 Å². The average molecular weight is 492 g/mol. The topological polar surface area (TPSA) is 84.2 Å². The minimum atomic E-state index is -4.45. The van der Waals surface area contributed by atoms with Crippen molar-refractivity contribution in [1.29, 1.82) is 0 Å². The van der Waals surface area contributed by atoms with Crippen molar-refractivity contribution in [3.63, 3.8) is 0 Å². The molecule has 0 spiro atoms. The van der Waals surface area contributed by atoms with E-state index in [1.807, 2.05) is 0 Å². The molecule has 1 aliphatic carbocycles. The lowest BCUT2D eigenvalue weighted by Gasteiger charge is -2.11. The van der Waals surface area contributed by atoms with E-state index >= 15 is 0 Å². The molecule has 1 saturated carbocycles. The molecule has 1 aliphatic rings. The third-order valence-corrected chi connectivity index (χ3v) is 5.57. The van der Waals surface area contributed by atoms with Gasteiger partial charge in [0.1, 0.15) is 0 Å². The number of nitrogens with two attached hydrogens (primary N) is 1. The van der Waals surface area contributed by atoms with Crippen LogP contribution < -0.4 is 16.4 Å². The standard InChI is InChI=1S/C28H24F3N3O2/c29-28(30,31)21-12-10-20(11-13-21)23(27(36)33-22-14-15-22)17-19-7-5-18(6-8-19)9-16-26(35)34-25-4-2-1-3-24(25)32/h1-13,16-17,22H,14-15,32H2,(H,33,36)(H,34,35)/b16-9+,23-17+. The molecule has 0 saturated heterocycles. The van der Waals surface area contributed by atoms with E-state index in [-0.39, 0.29) is 23.4 Å². The second kappa shape index (κ2) is 10.5. The molecule has 0 radical (unpaired) electrons. The molecule has 1 fully saturated rings. The minimum absolute atomic E-state index is 0.0974.